The van der Waals surface area contributed by atoms with Crippen molar-refractivity contribution < 1.29 is 9.59 Å². The number of rotatable bonds is 5. The number of carbonyl (C=O) groups excluding carboxylic acids is 2. The van der Waals surface area contributed by atoms with Gasteiger partial charge in [-0.05, 0) is 46.0 Å². The van der Waals surface area contributed by atoms with Crippen LogP contribution in [0.3, 0.4) is 0 Å². The summed E-state index contributed by atoms with van der Waals surface area (Å²) in [6.07, 6.45) is 0.847. The SMILES string of the molecule is CN(C)CCNC(=O)C(C)(C)C(=O)N1CCc2ccccc21. The van der Waals surface area contributed by atoms with Gasteiger partial charge in [0.15, 0.2) is 0 Å². The van der Waals surface area contributed by atoms with Gasteiger partial charge in [-0.3, -0.25) is 9.59 Å². The van der Waals surface area contributed by atoms with Gasteiger partial charge in [-0.1, -0.05) is 18.2 Å². The number of nitrogens with zero attached hydrogens (tertiary/aromatic N) is 2. The molecule has 0 unspecified atom stereocenters. The molecule has 5 heteroatoms. The molecule has 5 nitrogen and oxygen atoms in total. The highest BCUT2D eigenvalue weighted by Crippen LogP contribution is 2.31. The number of benzene rings is 1. The zero-order valence-corrected chi connectivity index (χ0v) is 13.8. The topological polar surface area (TPSA) is 52.7 Å². The zero-order chi connectivity index (χ0) is 16.3. The molecule has 2 amide bonds. The van der Waals surface area contributed by atoms with E-state index < -0.39 is 5.41 Å². The van der Waals surface area contributed by atoms with Crippen molar-refractivity contribution in [1.29, 1.82) is 0 Å². The molecule has 0 spiro atoms. The minimum atomic E-state index is -1.07. The summed E-state index contributed by atoms with van der Waals surface area (Å²) in [5, 5.41) is 2.85. The Bertz CT molecular complexity index is 567. The summed E-state index contributed by atoms with van der Waals surface area (Å²) in [7, 11) is 3.90. The second-order valence-electron chi connectivity index (χ2n) is 6.52. The van der Waals surface area contributed by atoms with Crippen LogP contribution in [0.1, 0.15) is 19.4 Å². The van der Waals surface area contributed by atoms with E-state index in [1.165, 1.54) is 5.56 Å². The third-order valence-corrected chi connectivity index (χ3v) is 4.08. The summed E-state index contributed by atoms with van der Waals surface area (Å²) in [4.78, 5) is 28.9. The van der Waals surface area contributed by atoms with Gasteiger partial charge in [0.25, 0.3) is 0 Å². The minimum Gasteiger partial charge on any atom is -0.354 e. The Balaban J connectivity index is 2.06. The van der Waals surface area contributed by atoms with Gasteiger partial charge in [0.1, 0.15) is 5.41 Å². The second-order valence-corrected chi connectivity index (χ2v) is 6.52. The third-order valence-electron chi connectivity index (χ3n) is 4.08. The van der Waals surface area contributed by atoms with Gasteiger partial charge < -0.3 is 15.1 Å². The Morgan fingerprint density at radius 3 is 2.64 bits per heavy atom. The van der Waals surface area contributed by atoms with Crippen molar-refractivity contribution in [3.8, 4) is 0 Å². The van der Waals surface area contributed by atoms with E-state index in [1.54, 1.807) is 18.7 Å². The van der Waals surface area contributed by atoms with Crippen LogP contribution in [0.5, 0.6) is 0 Å². The summed E-state index contributed by atoms with van der Waals surface area (Å²) in [6, 6.07) is 7.88. The highest BCUT2D eigenvalue weighted by molar-refractivity contribution is 6.11. The minimum absolute atomic E-state index is 0.139. The Hall–Kier alpha value is -1.88. The first-order chi connectivity index (χ1) is 10.3. The molecule has 0 saturated carbocycles. The van der Waals surface area contributed by atoms with Crippen LogP contribution in [0.15, 0.2) is 24.3 Å². The predicted molar refractivity (Wildman–Crippen MR) is 87.8 cm³/mol. The molecule has 0 fully saturated rings. The number of carbonyl (C=O) groups is 2. The number of nitrogens with one attached hydrogen (secondary N) is 1. The number of hydrogen-bond acceptors (Lipinski definition) is 3. The number of hydrogen-bond donors (Lipinski definition) is 1. The Morgan fingerprint density at radius 2 is 1.95 bits per heavy atom. The van der Waals surface area contributed by atoms with Gasteiger partial charge >= 0.3 is 0 Å². The van der Waals surface area contributed by atoms with Gasteiger partial charge in [0, 0.05) is 25.3 Å². The Kier molecular flexibility index (Phi) is 4.86. The average Bonchev–Trinajstić information content (AvgIpc) is 2.89. The van der Waals surface area contributed by atoms with Gasteiger partial charge in [0.05, 0.1) is 0 Å². The normalized spacial score (nSPS) is 14.1. The predicted octanol–water partition coefficient (Wildman–Crippen LogP) is 1.28. The number of likely N-dealkylation sites (N-methyl/N-ethyl adjacent to an activating group) is 1. The van der Waals surface area contributed by atoms with Gasteiger partial charge in [-0.15, -0.1) is 0 Å². The lowest BCUT2D eigenvalue weighted by Crippen LogP contribution is -2.50. The highest BCUT2D eigenvalue weighted by Gasteiger charge is 2.41. The van der Waals surface area contributed by atoms with Crippen LogP contribution < -0.4 is 10.2 Å². The summed E-state index contributed by atoms with van der Waals surface area (Å²) in [5.74, 6) is -0.358. The molecule has 0 radical (unpaired) electrons. The maximum atomic E-state index is 12.8. The standard InChI is InChI=1S/C17H25N3O2/c1-17(2,15(21)18-10-12-19(3)4)16(22)20-11-9-13-7-5-6-8-14(13)20/h5-8H,9-12H2,1-4H3,(H,18,21). The van der Waals surface area contributed by atoms with E-state index in [0.29, 0.717) is 13.1 Å². The fraction of sp³-hybridized carbons (Fsp3) is 0.529. The molecule has 0 aromatic heterocycles. The summed E-state index contributed by atoms with van der Waals surface area (Å²) >= 11 is 0. The number of fused-ring (bicyclic) bond motifs is 1. The smallest absolute Gasteiger partial charge is 0.242 e. The molecular formula is C17H25N3O2. The van der Waals surface area contributed by atoms with E-state index in [9.17, 15) is 9.59 Å². The monoisotopic (exact) mass is 303 g/mol. The second kappa shape index (κ2) is 6.48. The fourth-order valence-corrected chi connectivity index (χ4v) is 2.60. The first-order valence-electron chi connectivity index (χ1n) is 7.67. The van der Waals surface area contributed by atoms with Crippen LogP contribution in [0.25, 0.3) is 0 Å². The van der Waals surface area contributed by atoms with Crippen molar-refractivity contribution in [3.05, 3.63) is 29.8 Å². The first kappa shape index (κ1) is 16.5. The molecule has 22 heavy (non-hydrogen) atoms. The first-order valence-corrected chi connectivity index (χ1v) is 7.67. The molecule has 1 aromatic rings. The molecular weight excluding hydrogens is 278 g/mol. The molecule has 0 bridgehead atoms. The lowest BCUT2D eigenvalue weighted by molar-refractivity contribution is -0.139. The lowest BCUT2D eigenvalue weighted by atomic mass is 9.90. The fourth-order valence-electron chi connectivity index (χ4n) is 2.60. The molecule has 1 N–H and O–H groups in total. The van der Waals surface area contributed by atoms with E-state index in [1.807, 2.05) is 43.3 Å². The van der Waals surface area contributed by atoms with Crippen molar-refractivity contribution in [1.82, 2.24) is 10.2 Å². The van der Waals surface area contributed by atoms with E-state index in [4.69, 9.17) is 0 Å². The van der Waals surface area contributed by atoms with Crippen LogP contribution in [0.2, 0.25) is 0 Å². The van der Waals surface area contributed by atoms with E-state index in [0.717, 1.165) is 18.7 Å². The molecule has 0 aliphatic carbocycles. The molecule has 1 heterocycles. The maximum Gasteiger partial charge on any atom is 0.242 e. The van der Waals surface area contributed by atoms with Crippen LogP contribution in [0, 0.1) is 5.41 Å². The van der Waals surface area contributed by atoms with E-state index in [-0.39, 0.29) is 11.8 Å². The third kappa shape index (κ3) is 3.30. The number of amides is 2. The van der Waals surface area contributed by atoms with Crippen molar-refractivity contribution in [2.45, 2.75) is 20.3 Å². The maximum absolute atomic E-state index is 12.8. The molecule has 1 aromatic carbocycles. The lowest BCUT2D eigenvalue weighted by Gasteiger charge is -2.28. The quantitative estimate of drug-likeness (QED) is 0.834. The molecule has 1 aliphatic heterocycles. The largest absolute Gasteiger partial charge is 0.354 e. The summed E-state index contributed by atoms with van der Waals surface area (Å²) < 4.78 is 0. The van der Waals surface area contributed by atoms with Crippen molar-refractivity contribution >= 4 is 17.5 Å². The van der Waals surface area contributed by atoms with Crippen LogP contribution in [-0.2, 0) is 16.0 Å². The van der Waals surface area contributed by atoms with Crippen LogP contribution >= 0.6 is 0 Å². The zero-order valence-electron chi connectivity index (χ0n) is 13.8. The molecule has 1 aliphatic rings. The molecule has 0 saturated heterocycles. The van der Waals surface area contributed by atoms with Crippen LogP contribution in [0.4, 0.5) is 5.69 Å². The Morgan fingerprint density at radius 1 is 1.27 bits per heavy atom. The summed E-state index contributed by atoms with van der Waals surface area (Å²) in [5.41, 5.74) is 1.03. The van der Waals surface area contributed by atoms with Crippen molar-refractivity contribution in [3.63, 3.8) is 0 Å². The number of anilines is 1. The van der Waals surface area contributed by atoms with E-state index in [2.05, 4.69) is 5.32 Å². The number of para-hydroxylation sites is 1. The van der Waals surface area contributed by atoms with Crippen molar-refractivity contribution in [2.75, 3.05) is 38.6 Å². The molecule has 120 valence electrons. The van der Waals surface area contributed by atoms with Gasteiger partial charge in [0.2, 0.25) is 11.8 Å². The van der Waals surface area contributed by atoms with Gasteiger partial charge in [-0.25, -0.2) is 0 Å². The highest BCUT2D eigenvalue weighted by atomic mass is 16.2. The van der Waals surface area contributed by atoms with E-state index >= 15 is 0 Å². The van der Waals surface area contributed by atoms with Crippen LogP contribution in [-0.4, -0.2) is 50.4 Å². The molecule has 2 rings (SSSR count). The summed E-state index contributed by atoms with van der Waals surface area (Å²) in [6.45, 7) is 5.33. The Labute approximate surface area is 132 Å². The average molecular weight is 303 g/mol. The van der Waals surface area contributed by atoms with Gasteiger partial charge in [-0.2, -0.15) is 0 Å². The van der Waals surface area contributed by atoms with Crippen molar-refractivity contribution in [2.24, 2.45) is 5.41 Å². The molecule has 0 atom stereocenters.